The van der Waals surface area contributed by atoms with Gasteiger partial charge in [0.15, 0.2) is 0 Å². The maximum absolute atomic E-state index is 6.95. The molecule has 0 N–H and O–H groups in total. The molecule has 286 valence electrons. The number of benzene rings is 9. The fourth-order valence-corrected chi connectivity index (χ4v) is 10.7. The smallest absolute Gasteiger partial charge is 0.143 e. The maximum Gasteiger partial charge on any atom is 0.143 e. The zero-order chi connectivity index (χ0) is 40.3. The lowest BCUT2D eigenvalue weighted by atomic mass is 9.81. The van der Waals surface area contributed by atoms with Gasteiger partial charge in [-0.25, -0.2) is 0 Å². The van der Waals surface area contributed by atoms with Crippen molar-refractivity contribution in [2.24, 2.45) is 0 Å². The minimum Gasteiger partial charge on any atom is -0.455 e. The van der Waals surface area contributed by atoms with Crippen LogP contribution >= 0.6 is 0 Å². The molecule has 0 atom stereocenters. The van der Waals surface area contributed by atoms with Crippen LogP contribution in [0.4, 0.5) is 17.1 Å². The molecule has 0 spiro atoms. The Labute approximate surface area is 351 Å². The minimum atomic E-state index is -0.125. The van der Waals surface area contributed by atoms with Crippen molar-refractivity contribution in [1.29, 1.82) is 0 Å². The molecule has 0 amide bonds. The maximum atomic E-state index is 6.95. The van der Waals surface area contributed by atoms with E-state index in [4.69, 9.17) is 4.42 Å². The zero-order valence-corrected chi connectivity index (χ0v) is 34.3. The van der Waals surface area contributed by atoms with Gasteiger partial charge < -0.3 is 9.32 Å². The molecule has 60 heavy (non-hydrogen) atoms. The molecule has 0 bridgehead atoms. The fraction of sp³-hybridized carbons (Fsp3) is 0.103. The second-order valence-electron chi connectivity index (χ2n) is 17.6. The van der Waals surface area contributed by atoms with Crippen molar-refractivity contribution in [3.8, 4) is 44.5 Å². The Morgan fingerprint density at radius 2 is 1.03 bits per heavy atom. The molecule has 0 aliphatic heterocycles. The molecule has 2 heteroatoms. The molecule has 0 radical (unpaired) electrons. The number of rotatable bonds is 5. The molecule has 12 rings (SSSR count). The van der Waals surface area contributed by atoms with Gasteiger partial charge in [-0.05, 0) is 121 Å². The van der Waals surface area contributed by atoms with Gasteiger partial charge in [-0.3, -0.25) is 0 Å². The van der Waals surface area contributed by atoms with E-state index in [-0.39, 0.29) is 10.8 Å². The van der Waals surface area contributed by atoms with Crippen LogP contribution in [0.1, 0.15) is 49.9 Å². The first-order chi connectivity index (χ1) is 29.3. The number of anilines is 3. The van der Waals surface area contributed by atoms with Crippen molar-refractivity contribution in [3.63, 3.8) is 0 Å². The van der Waals surface area contributed by atoms with Crippen molar-refractivity contribution < 1.29 is 4.42 Å². The lowest BCUT2D eigenvalue weighted by Gasteiger charge is -2.28. The van der Waals surface area contributed by atoms with Gasteiger partial charge in [0.1, 0.15) is 11.2 Å². The van der Waals surface area contributed by atoms with Gasteiger partial charge in [0.2, 0.25) is 0 Å². The van der Waals surface area contributed by atoms with Gasteiger partial charge in [-0.2, -0.15) is 0 Å². The van der Waals surface area contributed by atoms with Crippen molar-refractivity contribution in [2.45, 2.75) is 38.5 Å². The number of fused-ring (bicyclic) bond motifs is 11. The molecule has 2 aliphatic carbocycles. The average Bonchev–Trinajstić information content (AvgIpc) is 3.87. The van der Waals surface area contributed by atoms with E-state index < -0.39 is 0 Å². The first-order valence-electron chi connectivity index (χ1n) is 21.1. The van der Waals surface area contributed by atoms with Gasteiger partial charge in [0.25, 0.3) is 0 Å². The first kappa shape index (κ1) is 34.8. The second-order valence-corrected chi connectivity index (χ2v) is 17.6. The summed E-state index contributed by atoms with van der Waals surface area (Å²) in [5, 5.41) is 4.50. The quantitative estimate of drug-likeness (QED) is 0.173. The van der Waals surface area contributed by atoms with E-state index in [1.165, 1.54) is 72.1 Å². The lowest BCUT2D eigenvalue weighted by Crippen LogP contribution is -2.16. The van der Waals surface area contributed by atoms with Crippen LogP contribution in [0.15, 0.2) is 192 Å². The summed E-state index contributed by atoms with van der Waals surface area (Å²) in [6, 6.07) is 69.2. The molecule has 0 saturated heterocycles. The highest BCUT2D eigenvalue weighted by Crippen LogP contribution is 2.55. The number of nitrogens with zero attached hydrogens (tertiary/aromatic N) is 1. The molecule has 2 aliphatic rings. The molecule has 0 unspecified atom stereocenters. The molecular formula is C58H43NO. The molecule has 2 nitrogen and oxygen atoms in total. The molecular weight excluding hydrogens is 727 g/mol. The average molecular weight is 770 g/mol. The van der Waals surface area contributed by atoms with Crippen LogP contribution in [0.25, 0.3) is 77.2 Å². The highest BCUT2D eigenvalue weighted by Gasteiger charge is 2.38. The summed E-state index contributed by atoms with van der Waals surface area (Å²) in [5.74, 6) is 0. The van der Waals surface area contributed by atoms with E-state index in [9.17, 15) is 0 Å². The van der Waals surface area contributed by atoms with Gasteiger partial charge in [-0.15, -0.1) is 0 Å². The summed E-state index contributed by atoms with van der Waals surface area (Å²) in [6.45, 7) is 9.44. The zero-order valence-electron chi connectivity index (χ0n) is 34.3. The van der Waals surface area contributed by atoms with Crippen LogP contribution in [0, 0.1) is 0 Å². The Morgan fingerprint density at radius 1 is 0.383 bits per heavy atom. The van der Waals surface area contributed by atoms with Gasteiger partial charge in [0, 0.05) is 33.0 Å². The Hall–Kier alpha value is -7.16. The molecule has 10 aromatic rings. The number of hydrogen-bond acceptors (Lipinski definition) is 2. The van der Waals surface area contributed by atoms with Crippen LogP contribution in [-0.2, 0) is 10.8 Å². The van der Waals surface area contributed by atoms with E-state index in [0.717, 1.165) is 44.4 Å². The number of hydrogen-bond donors (Lipinski definition) is 0. The molecule has 1 heterocycles. The van der Waals surface area contributed by atoms with Crippen LogP contribution < -0.4 is 4.90 Å². The van der Waals surface area contributed by atoms with E-state index in [1.54, 1.807) is 0 Å². The molecule has 9 aromatic carbocycles. The van der Waals surface area contributed by atoms with Crippen LogP contribution in [0.2, 0.25) is 0 Å². The third kappa shape index (κ3) is 4.88. The van der Waals surface area contributed by atoms with Crippen molar-refractivity contribution in [2.75, 3.05) is 4.90 Å². The molecule has 1 aromatic heterocycles. The standard InChI is InChI=1S/C58H43NO/c1-57(2)49-32-29-37(33-46(49)54-40(24-15-26-50(54)57)36-17-7-5-8-18-36)45-35-47-55-52(27-16-28-53(55)60-56(47)44-23-12-11-21-41(44)45)59(38-19-9-6-10-20-38)39-30-31-43-42-22-13-14-25-48(42)58(3,4)51(43)34-39/h5-35H,1-4H3. The van der Waals surface area contributed by atoms with E-state index in [2.05, 4.69) is 221 Å². The van der Waals surface area contributed by atoms with Gasteiger partial charge >= 0.3 is 0 Å². The van der Waals surface area contributed by atoms with Crippen molar-refractivity contribution >= 4 is 49.8 Å². The summed E-state index contributed by atoms with van der Waals surface area (Å²) in [4.78, 5) is 2.42. The second kappa shape index (κ2) is 12.7. The Kier molecular flexibility index (Phi) is 7.36. The Morgan fingerprint density at radius 3 is 1.87 bits per heavy atom. The summed E-state index contributed by atoms with van der Waals surface area (Å²) >= 11 is 0. The largest absolute Gasteiger partial charge is 0.455 e. The Bertz CT molecular complexity index is 3370. The number of para-hydroxylation sites is 1. The topological polar surface area (TPSA) is 16.4 Å². The molecule has 0 saturated carbocycles. The van der Waals surface area contributed by atoms with Gasteiger partial charge in [0.05, 0.1) is 11.1 Å². The van der Waals surface area contributed by atoms with Crippen LogP contribution in [0.3, 0.4) is 0 Å². The summed E-state index contributed by atoms with van der Waals surface area (Å²) in [5.41, 5.74) is 20.5. The van der Waals surface area contributed by atoms with E-state index in [0.29, 0.717) is 0 Å². The normalized spacial score (nSPS) is 14.3. The first-order valence-corrected chi connectivity index (χ1v) is 21.1. The summed E-state index contributed by atoms with van der Waals surface area (Å²) in [6.07, 6.45) is 0. The summed E-state index contributed by atoms with van der Waals surface area (Å²) < 4.78 is 6.95. The highest BCUT2D eigenvalue weighted by atomic mass is 16.3. The van der Waals surface area contributed by atoms with Gasteiger partial charge in [-0.1, -0.05) is 167 Å². The predicted molar refractivity (Wildman–Crippen MR) is 252 cm³/mol. The fourth-order valence-electron chi connectivity index (χ4n) is 10.7. The van der Waals surface area contributed by atoms with E-state index in [1.807, 2.05) is 0 Å². The summed E-state index contributed by atoms with van der Waals surface area (Å²) in [7, 11) is 0. The molecule has 0 fully saturated rings. The third-order valence-electron chi connectivity index (χ3n) is 13.7. The minimum absolute atomic E-state index is 0.119. The monoisotopic (exact) mass is 769 g/mol. The van der Waals surface area contributed by atoms with E-state index >= 15 is 0 Å². The lowest BCUT2D eigenvalue weighted by molar-refractivity contribution is 0.660. The van der Waals surface area contributed by atoms with Crippen LogP contribution in [-0.4, -0.2) is 0 Å². The van der Waals surface area contributed by atoms with Crippen molar-refractivity contribution in [1.82, 2.24) is 0 Å². The SMILES string of the molecule is CC1(C)c2ccccc2-c2ccc(N(c3ccccc3)c3cccc4oc5c6ccccc6c(-c6ccc7c(c6)-c6c(-c8ccccc8)cccc6C7(C)C)cc5c34)cc21. The third-order valence-corrected chi connectivity index (χ3v) is 13.7. The highest BCUT2D eigenvalue weighted by molar-refractivity contribution is 6.22. The number of furan rings is 1. The Balaban J connectivity index is 1.09. The van der Waals surface area contributed by atoms with Crippen molar-refractivity contribution in [3.05, 3.63) is 210 Å². The van der Waals surface area contributed by atoms with Crippen LogP contribution in [0.5, 0.6) is 0 Å². The predicted octanol–water partition coefficient (Wildman–Crippen LogP) is 16.2.